The van der Waals surface area contributed by atoms with E-state index in [1.54, 1.807) is 25.0 Å². The first-order valence-electron chi connectivity index (χ1n) is 8.18. The highest BCUT2D eigenvalue weighted by molar-refractivity contribution is 6.34. The molecule has 0 bridgehead atoms. The highest BCUT2D eigenvalue weighted by Gasteiger charge is 2.23. The number of halogens is 1. The Balaban J connectivity index is 1.88. The second-order valence-electron chi connectivity index (χ2n) is 5.90. The van der Waals surface area contributed by atoms with Crippen molar-refractivity contribution in [3.8, 4) is 0 Å². The van der Waals surface area contributed by atoms with E-state index >= 15 is 0 Å². The van der Waals surface area contributed by atoms with Gasteiger partial charge in [-0.3, -0.25) is 23.6 Å². The minimum atomic E-state index is -0.525. The summed E-state index contributed by atoms with van der Waals surface area (Å²) in [6.45, 7) is 4.14. The van der Waals surface area contributed by atoms with Gasteiger partial charge in [-0.1, -0.05) is 11.6 Å². The fraction of sp³-hybridized carbons (Fsp3) is 0.312. The molecule has 3 heterocycles. The summed E-state index contributed by atoms with van der Waals surface area (Å²) in [6.07, 6.45) is 4.50. The molecule has 0 aliphatic carbocycles. The molecule has 0 aliphatic heterocycles. The third kappa shape index (κ3) is 3.56. The lowest BCUT2D eigenvalue weighted by Gasteiger charge is -2.09. The van der Waals surface area contributed by atoms with Crippen molar-refractivity contribution in [3.63, 3.8) is 0 Å². The molecule has 142 valence electrons. The van der Waals surface area contributed by atoms with Crippen molar-refractivity contribution in [2.24, 2.45) is 14.1 Å². The minimum Gasteiger partial charge on any atom is -0.318 e. The molecule has 10 nitrogen and oxygen atoms in total. The van der Waals surface area contributed by atoms with E-state index < -0.39 is 11.8 Å². The molecule has 3 aromatic rings. The number of carbonyl (C=O) groups excluding carboxylic acids is 2. The van der Waals surface area contributed by atoms with E-state index in [9.17, 15) is 9.59 Å². The number of hydrogen-bond acceptors (Lipinski definition) is 5. The molecule has 2 N–H and O–H groups in total. The average Bonchev–Trinajstić information content (AvgIpc) is 3.27. The Kier molecular flexibility index (Phi) is 5.00. The predicted octanol–water partition coefficient (Wildman–Crippen LogP) is 1.84. The molecule has 3 aromatic heterocycles. The van der Waals surface area contributed by atoms with E-state index in [-0.39, 0.29) is 22.1 Å². The molecule has 3 rings (SSSR count). The number of nitrogens with one attached hydrogen (secondary N) is 2. The van der Waals surface area contributed by atoms with Crippen molar-refractivity contribution in [1.82, 2.24) is 29.3 Å². The number of anilines is 2. The second-order valence-corrected chi connectivity index (χ2v) is 6.30. The van der Waals surface area contributed by atoms with Gasteiger partial charge in [0.25, 0.3) is 11.8 Å². The first kappa shape index (κ1) is 18.6. The Hall–Kier alpha value is -3.14. The lowest BCUT2D eigenvalue weighted by atomic mass is 10.3. The monoisotopic (exact) mass is 390 g/mol. The summed E-state index contributed by atoms with van der Waals surface area (Å²) in [5.41, 5.74) is 1.94. The largest absolute Gasteiger partial charge is 0.318 e. The lowest BCUT2D eigenvalue weighted by Crippen LogP contribution is -2.21. The van der Waals surface area contributed by atoms with E-state index in [1.165, 1.54) is 21.8 Å². The van der Waals surface area contributed by atoms with Crippen LogP contribution in [-0.4, -0.2) is 41.2 Å². The summed E-state index contributed by atoms with van der Waals surface area (Å²) in [5.74, 6) is -0.935. The number of carbonyl (C=O) groups is 2. The van der Waals surface area contributed by atoms with Crippen LogP contribution in [0.4, 0.5) is 11.4 Å². The number of nitrogens with zero attached hydrogens (tertiary/aromatic N) is 6. The normalized spacial score (nSPS) is 10.9. The fourth-order valence-corrected chi connectivity index (χ4v) is 2.82. The summed E-state index contributed by atoms with van der Waals surface area (Å²) >= 11 is 6.01. The van der Waals surface area contributed by atoms with E-state index in [4.69, 9.17) is 11.6 Å². The Morgan fingerprint density at radius 2 is 1.78 bits per heavy atom. The number of amides is 2. The van der Waals surface area contributed by atoms with Crippen LogP contribution in [0.3, 0.4) is 0 Å². The van der Waals surface area contributed by atoms with Crippen LogP contribution in [0.15, 0.2) is 18.6 Å². The molecule has 2 amide bonds. The van der Waals surface area contributed by atoms with E-state index in [0.717, 1.165) is 5.69 Å². The van der Waals surface area contributed by atoms with Gasteiger partial charge < -0.3 is 10.6 Å². The molecule has 0 spiro atoms. The smallest absolute Gasteiger partial charge is 0.277 e. The summed E-state index contributed by atoms with van der Waals surface area (Å²) in [5, 5.41) is 18.0. The maximum atomic E-state index is 12.8. The number of rotatable bonds is 5. The van der Waals surface area contributed by atoms with Crippen LogP contribution < -0.4 is 10.6 Å². The first-order valence-corrected chi connectivity index (χ1v) is 8.55. The van der Waals surface area contributed by atoms with Crippen LogP contribution in [-0.2, 0) is 20.6 Å². The van der Waals surface area contributed by atoms with Gasteiger partial charge in [0.2, 0.25) is 0 Å². The van der Waals surface area contributed by atoms with Crippen molar-refractivity contribution in [3.05, 3.63) is 40.7 Å². The van der Waals surface area contributed by atoms with Gasteiger partial charge in [-0.15, -0.1) is 0 Å². The third-order valence-electron chi connectivity index (χ3n) is 4.08. The van der Waals surface area contributed by atoms with E-state index in [0.29, 0.717) is 12.2 Å². The average molecular weight is 391 g/mol. The van der Waals surface area contributed by atoms with Crippen LogP contribution in [0.5, 0.6) is 0 Å². The number of aromatic nitrogens is 6. The minimum absolute atomic E-state index is 0.0675. The zero-order chi connectivity index (χ0) is 19.7. The lowest BCUT2D eigenvalue weighted by molar-refractivity contribution is 0.101. The van der Waals surface area contributed by atoms with Crippen LogP contribution in [0, 0.1) is 6.92 Å². The van der Waals surface area contributed by atoms with E-state index in [2.05, 4.69) is 25.9 Å². The summed E-state index contributed by atoms with van der Waals surface area (Å²) in [6, 6.07) is 0. The van der Waals surface area contributed by atoms with Gasteiger partial charge in [0.05, 0.1) is 34.5 Å². The Labute approximate surface area is 160 Å². The van der Waals surface area contributed by atoms with Crippen LogP contribution >= 0.6 is 11.6 Å². The van der Waals surface area contributed by atoms with E-state index in [1.807, 2.05) is 13.8 Å². The molecule has 0 fully saturated rings. The highest BCUT2D eigenvalue weighted by Crippen LogP contribution is 2.21. The van der Waals surface area contributed by atoms with Gasteiger partial charge in [-0.25, -0.2) is 0 Å². The first-order chi connectivity index (χ1) is 12.8. The van der Waals surface area contributed by atoms with Crippen molar-refractivity contribution < 1.29 is 9.59 Å². The molecule has 0 radical (unpaired) electrons. The summed E-state index contributed by atoms with van der Waals surface area (Å²) in [4.78, 5) is 25.3. The van der Waals surface area contributed by atoms with Gasteiger partial charge in [-0.05, 0) is 13.8 Å². The molecule has 0 saturated carbocycles. The van der Waals surface area contributed by atoms with Gasteiger partial charge in [0, 0.05) is 26.8 Å². The second kappa shape index (κ2) is 7.23. The molecule has 11 heteroatoms. The van der Waals surface area contributed by atoms with Gasteiger partial charge >= 0.3 is 0 Å². The molecule has 0 saturated heterocycles. The van der Waals surface area contributed by atoms with Gasteiger partial charge in [-0.2, -0.15) is 15.3 Å². The van der Waals surface area contributed by atoms with Crippen LogP contribution in [0.2, 0.25) is 5.02 Å². The van der Waals surface area contributed by atoms with Crippen molar-refractivity contribution in [2.45, 2.75) is 20.4 Å². The Bertz CT molecular complexity index is 1020. The van der Waals surface area contributed by atoms with Gasteiger partial charge in [0.1, 0.15) is 5.69 Å². The highest BCUT2D eigenvalue weighted by atomic mass is 35.5. The number of aryl methyl sites for hydroxylation is 3. The quantitative estimate of drug-likeness (QED) is 0.690. The molecule has 0 atom stereocenters. The SMILES string of the molecule is CCn1ncc(NC(=O)c2nn(C)cc2Cl)c1C(=O)Nc1cnn(C)c1C. The Morgan fingerprint density at radius 3 is 2.33 bits per heavy atom. The fourth-order valence-electron chi connectivity index (χ4n) is 2.55. The van der Waals surface area contributed by atoms with Crippen molar-refractivity contribution in [2.75, 3.05) is 10.6 Å². The maximum Gasteiger partial charge on any atom is 0.277 e. The van der Waals surface area contributed by atoms with Crippen LogP contribution in [0.1, 0.15) is 33.6 Å². The Morgan fingerprint density at radius 1 is 1.11 bits per heavy atom. The molecule has 0 aliphatic rings. The number of hydrogen-bond donors (Lipinski definition) is 2. The molecule has 0 aromatic carbocycles. The van der Waals surface area contributed by atoms with Gasteiger partial charge in [0.15, 0.2) is 5.69 Å². The summed E-state index contributed by atoms with van der Waals surface area (Å²) < 4.78 is 4.58. The predicted molar refractivity (Wildman–Crippen MR) is 100.0 cm³/mol. The molecule has 0 unspecified atom stereocenters. The summed E-state index contributed by atoms with van der Waals surface area (Å²) in [7, 11) is 3.44. The molecular weight excluding hydrogens is 372 g/mol. The molecule has 27 heavy (non-hydrogen) atoms. The molecular formula is C16H19ClN8O2. The van der Waals surface area contributed by atoms with Crippen molar-refractivity contribution >= 4 is 34.8 Å². The zero-order valence-corrected chi connectivity index (χ0v) is 16.1. The standard InChI is InChI=1S/C16H19ClN8O2/c1-5-25-14(16(27)20-11-6-18-24(4)9(11)2)12(7-19-25)21-15(26)13-10(17)8-23(3)22-13/h6-8H,5H2,1-4H3,(H,20,27)(H,21,26). The third-order valence-corrected chi connectivity index (χ3v) is 4.36. The van der Waals surface area contributed by atoms with Crippen LogP contribution in [0.25, 0.3) is 0 Å². The maximum absolute atomic E-state index is 12.8. The topological polar surface area (TPSA) is 112 Å². The van der Waals surface area contributed by atoms with Crippen molar-refractivity contribution in [1.29, 1.82) is 0 Å². The zero-order valence-electron chi connectivity index (χ0n) is 15.3.